The summed E-state index contributed by atoms with van der Waals surface area (Å²) < 4.78 is 12.2. The van der Waals surface area contributed by atoms with Crippen LogP contribution in [0.1, 0.15) is 24.5 Å². The third kappa shape index (κ3) is 4.17. The fourth-order valence-electron chi connectivity index (χ4n) is 4.07. The topological polar surface area (TPSA) is 68.6 Å². The van der Waals surface area contributed by atoms with E-state index in [2.05, 4.69) is 41.2 Å². The van der Waals surface area contributed by atoms with Crippen molar-refractivity contribution in [1.29, 1.82) is 0 Å². The van der Waals surface area contributed by atoms with Gasteiger partial charge in [-0.15, -0.1) is 0 Å². The second kappa shape index (κ2) is 8.85. The summed E-state index contributed by atoms with van der Waals surface area (Å²) in [6.45, 7) is 6.80. The van der Waals surface area contributed by atoms with Crippen LogP contribution in [0.25, 0.3) is 16.7 Å². The maximum absolute atomic E-state index is 12.8. The van der Waals surface area contributed by atoms with E-state index in [4.69, 9.17) is 9.47 Å². The van der Waals surface area contributed by atoms with Crippen molar-refractivity contribution in [3.63, 3.8) is 0 Å². The standard InChI is InChI=1S/C23H28N4O3/c1-16-14-26(15-17(2)24-16)18-7-6-8-19(13-18)27-21-10-5-4-9-20(21)25-22(27)23(28)30-12-11-29-3/h4-10,13,16-17,24H,11-12,14-15H2,1-3H3. The molecule has 1 N–H and O–H groups in total. The highest BCUT2D eigenvalue weighted by Gasteiger charge is 2.23. The van der Waals surface area contributed by atoms with Crippen molar-refractivity contribution in [3.05, 3.63) is 54.4 Å². The predicted molar refractivity (Wildman–Crippen MR) is 118 cm³/mol. The number of fused-ring (bicyclic) bond motifs is 1. The molecule has 3 aromatic rings. The van der Waals surface area contributed by atoms with Crippen molar-refractivity contribution in [2.24, 2.45) is 0 Å². The Kier molecular flexibility index (Phi) is 6.01. The third-order valence-corrected chi connectivity index (χ3v) is 5.27. The number of benzene rings is 2. The lowest BCUT2D eigenvalue weighted by atomic mass is 10.1. The molecular weight excluding hydrogens is 380 g/mol. The Morgan fingerprint density at radius 3 is 2.57 bits per heavy atom. The molecule has 1 aliphatic heterocycles. The van der Waals surface area contributed by atoms with Crippen LogP contribution in [-0.2, 0) is 9.47 Å². The molecule has 158 valence electrons. The van der Waals surface area contributed by atoms with Crippen LogP contribution in [-0.4, -0.2) is 61.0 Å². The average molecular weight is 409 g/mol. The normalized spacial score (nSPS) is 19.2. The summed E-state index contributed by atoms with van der Waals surface area (Å²) in [7, 11) is 1.58. The fourth-order valence-corrected chi connectivity index (χ4v) is 4.07. The van der Waals surface area contributed by atoms with Crippen LogP contribution in [0.5, 0.6) is 0 Å². The van der Waals surface area contributed by atoms with Gasteiger partial charge in [0.1, 0.15) is 6.61 Å². The largest absolute Gasteiger partial charge is 0.457 e. The highest BCUT2D eigenvalue weighted by atomic mass is 16.6. The van der Waals surface area contributed by atoms with Crippen molar-refractivity contribution >= 4 is 22.7 Å². The minimum Gasteiger partial charge on any atom is -0.457 e. The predicted octanol–water partition coefficient (Wildman–Crippen LogP) is 3.02. The zero-order valence-corrected chi connectivity index (χ0v) is 17.7. The van der Waals surface area contributed by atoms with Gasteiger partial charge in [0.2, 0.25) is 5.82 Å². The number of piperazine rings is 1. The Hall–Kier alpha value is -2.90. The molecule has 0 aliphatic carbocycles. The fraction of sp³-hybridized carbons (Fsp3) is 0.391. The summed E-state index contributed by atoms with van der Waals surface area (Å²) in [6.07, 6.45) is 0. The first kappa shape index (κ1) is 20.4. The molecule has 1 saturated heterocycles. The number of methoxy groups -OCH3 is 1. The molecule has 30 heavy (non-hydrogen) atoms. The molecule has 2 aromatic carbocycles. The Balaban J connectivity index is 1.73. The van der Waals surface area contributed by atoms with Crippen molar-refractivity contribution in [1.82, 2.24) is 14.9 Å². The minimum absolute atomic E-state index is 0.190. The van der Waals surface area contributed by atoms with Gasteiger partial charge in [0.25, 0.3) is 0 Å². The van der Waals surface area contributed by atoms with Crippen molar-refractivity contribution < 1.29 is 14.3 Å². The SMILES string of the molecule is COCCOC(=O)c1nc2ccccc2n1-c1cccc(N2CC(C)NC(C)C2)c1. The van der Waals surface area contributed by atoms with Gasteiger partial charge in [-0.3, -0.25) is 4.57 Å². The van der Waals surface area contributed by atoms with E-state index in [0.29, 0.717) is 18.7 Å². The van der Waals surface area contributed by atoms with Gasteiger partial charge in [0, 0.05) is 43.7 Å². The number of anilines is 1. The van der Waals surface area contributed by atoms with Crippen LogP contribution in [0, 0.1) is 0 Å². The zero-order valence-electron chi connectivity index (χ0n) is 17.7. The van der Waals surface area contributed by atoms with Gasteiger partial charge in [0.05, 0.1) is 17.6 Å². The molecule has 2 heterocycles. The number of nitrogens with one attached hydrogen (secondary N) is 1. The summed E-state index contributed by atoms with van der Waals surface area (Å²) in [5.41, 5.74) is 3.64. The van der Waals surface area contributed by atoms with Gasteiger partial charge < -0.3 is 19.7 Å². The molecule has 0 bridgehead atoms. The number of para-hydroxylation sites is 2. The van der Waals surface area contributed by atoms with E-state index in [-0.39, 0.29) is 12.4 Å². The molecule has 1 aliphatic rings. The highest BCUT2D eigenvalue weighted by Crippen LogP contribution is 2.26. The number of nitrogens with zero attached hydrogens (tertiary/aromatic N) is 3. The first-order valence-corrected chi connectivity index (χ1v) is 10.3. The van der Waals surface area contributed by atoms with Crippen LogP contribution >= 0.6 is 0 Å². The average Bonchev–Trinajstić information content (AvgIpc) is 3.13. The molecule has 7 nitrogen and oxygen atoms in total. The van der Waals surface area contributed by atoms with Gasteiger partial charge in [-0.1, -0.05) is 18.2 Å². The van der Waals surface area contributed by atoms with Gasteiger partial charge in [-0.2, -0.15) is 0 Å². The molecule has 2 atom stereocenters. The summed E-state index contributed by atoms with van der Waals surface area (Å²) in [6, 6.07) is 16.8. The van der Waals surface area contributed by atoms with E-state index in [0.717, 1.165) is 35.5 Å². The van der Waals surface area contributed by atoms with Gasteiger partial charge in [-0.05, 0) is 44.2 Å². The minimum atomic E-state index is -0.460. The lowest BCUT2D eigenvalue weighted by molar-refractivity contribution is 0.0373. The van der Waals surface area contributed by atoms with E-state index < -0.39 is 5.97 Å². The second-order valence-electron chi connectivity index (χ2n) is 7.78. The van der Waals surface area contributed by atoms with Crippen molar-refractivity contribution in [2.45, 2.75) is 25.9 Å². The van der Waals surface area contributed by atoms with Gasteiger partial charge >= 0.3 is 5.97 Å². The number of imidazole rings is 1. The van der Waals surface area contributed by atoms with Crippen LogP contribution in [0.4, 0.5) is 5.69 Å². The number of carbonyl (C=O) groups excluding carboxylic acids is 1. The number of aromatic nitrogens is 2. The first-order valence-electron chi connectivity index (χ1n) is 10.3. The second-order valence-corrected chi connectivity index (χ2v) is 7.78. The van der Waals surface area contributed by atoms with Gasteiger partial charge in [-0.25, -0.2) is 9.78 Å². The van der Waals surface area contributed by atoms with Crippen molar-refractivity contribution in [2.75, 3.05) is 38.3 Å². The van der Waals surface area contributed by atoms with Crippen LogP contribution in [0.3, 0.4) is 0 Å². The maximum Gasteiger partial charge on any atom is 0.375 e. The first-order chi connectivity index (χ1) is 14.6. The maximum atomic E-state index is 12.8. The smallest absolute Gasteiger partial charge is 0.375 e. The van der Waals surface area contributed by atoms with Crippen LogP contribution in [0.2, 0.25) is 0 Å². The molecule has 0 radical (unpaired) electrons. The number of hydrogen-bond donors (Lipinski definition) is 1. The van der Waals surface area contributed by atoms with E-state index >= 15 is 0 Å². The number of carbonyl (C=O) groups is 1. The number of ether oxygens (including phenoxy) is 2. The molecule has 1 aromatic heterocycles. The Morgan fingerprint density at radius 2 is 1.80 bits per heavy atom. The number of hydrogen-bond acceptors (Lipinski definition) is 6. The summed E-state index contributed by atoms with van der Waals surface area (Å²) in [5.74, 6) is -0.190. The molecule has 0 spiro atoms. The molecule has 4 rings (SSSR count). The number of rotatable bonds is 6. The molecule has 0 amide bonds. The van der Waals surface area contributed by atoms with Crippen molar-refractivity contribution in [3.8, 4) is 5.69 Å². The highest BCUT2D eigenvalue weighted by molar-refractivity contribution is 5.92. The van der Waals surface area contributed by atoms with E-state index in [9.17, 15) is 4.79 Å². The molecule has 1 fully saturated rings. The zero-order chi connectivity index (χ0) is 21.1. The van der Waals surface area contributed by atoms with E-state index in [1.807, 2.05) is 41.0 Å². The quantitative estimate of drug-likeness (QED) is 0.500. The summed E-state index contributed by atoms with van der Waals surface area (Å²) >= 11 is 0. The molecule has 7 heteroatoms. The third-order valence-electron chi connectivity index (χ3n) is 5.27. The Bertz CT molecular complexity index is 1020. The lowest BCUT2D eigenvalue weighted by Gasteiger charge is -2.37. The Morgan fingerprint density at radius 1 is 1.07 bits per heavy atom. The summed E-state index contributed by atoms with van der Waals surface area (Å²) in [5, 5.41) is 3.57. The molecule has 0 saturated carbocycles. The lowest BCUT2D eigenvalue weighted by Crippen LogP contribution is -2.54. The molecular formula is C23H28N4O3. The van der Waals surface area contributed by atoms with E-state index in [1.165, 1.54) is 0 Å². The van der Waals surface area contributed by atoms with Crippen LogP contribution < -0.4 is 10.2 Å². The molecule has 2 unspecified atom stereocenters. The Labute approximate surface area is 176 Å². The monoisotopic (exact) mass is 408 g/mol. The number of esters is 1. The van der Waals surface area contributed by atoms with E-state index in [1.54, 1.807) is 7.11 Å². The van der Waals surface area contributed by atoms with Gasteiger partial charge in [0.15, 0.2) is 0 Å². The van der Waals surface area contributed by atoms with Crippen LogP contribution in [0.15, 0.2) is 48.5 Å². The summed E-state index contributed by atoms with van der Waals surface area (Å²) in [4.78, 5) is 19.7.